The molecule has 0 amide bonds. The Balaban J connectivity index is 1.74. The minimum absolute atomic E-state index is 0.236. The fourth-order valence-corrected chi connectivity index (χ4v) is 2.94. The van der Waals surface area contributed by atoms with Gasteiger partial charge in [-0.05, 0) is 25.1 Å². The quantitative estimate of drug-likeness (QED) is 0.932. The maximum atomic E-state index is 13.7. The van der Waals surface area contributed by atoms with E-state index >= 15 is 0 Å². The predicted molar refractivity (Wildman–Crippen MR) is 75.8 cm³/mol. The van der Waals surface area contributed by atoms with E-state index in [0.29, 0.717) is 12.1 Å². The number of aromatic nitrogens is 1. The summed E-state index contributed by atoms with van der Waals surface area (Å²) in [6.45, 7) is 4.36. The van der Waals surface area contributed by atoms with Gasteiger partial charge in [-0.2, -0.15) is 0 Å². The van der Waals surface area contributed by atoms with Crippen LogP contribution in [0.3, 0.4) is 0 Å². The van der Waals surface area contributed by atoms with Crippen molar-refractivity contribution in [3.63, 3.8) is 0 Å². The van der Waals surface area contributed by atoms with Crippen molar-refractivity contribution in [2.24, 2.45) is 0 Å². The smallest absolute Gasteiger partial charge is 0.129 e. The van der Waals surface area contributed by atoms with Crippen molar-refractivity contribution in [2.75, 3.05) is 13.1 Å². The Morgan fingerprint density at radius 2 is 2.05 bits per heavy atom. The first-order valence-corrected chi connectivity index (χ1v) is 6.98. The third kappa shape index (κ3) is 2.37. The van der Waals surface area contributed by atoms with Crippen LogP contribution < -0.4 is 0 Å². The second-order valence-corrected chi connectivity index (χ2v) is 5.33. The SMILES string of the molecule is C[C@@H]1c2cccn2CCN1C[C@H](O)c1ccccc1F. The van der Waals surface area contributed by atoms with Crippen molar-refractivity contribution in [1.29, 1.82) is 0 Å². The van der Waals surface area contributed by atoms with Gasteiger partial charge in [-0.15, -0.1) is 0 Å². The molecule has 0 fully saturated rings. The third-order valence-corrected chi connectivity index (χ3v) is 4.14. The molecule has 0 aliphatic carbocycles. The summed E-state index contributed by atoms with van der Waals surface area (Å²) in [6, 6.07) is 10.8. The van der Waals surface area contributed by atoms with Gasteiger partial charge in [0.25, 0.3) is 0 Å². The van der Waals surface area contributed by atoms with Gasteiger partial charge in [-0.25, -0.2) is 4.39 Å². The van der Waals surface area contributed by atoms with Crippen molar-refractivity contribution in [3.8, 4) is 0 Å². The summed E-state index contributed by atoms with van der Waals surface area (Å²) in [5.74, 6) is -0.340. The number of aliphatic hydroxyl groups is 1. The maximum Gasteiger partial charge on any atom is 0.129 e. The van der Waals surface area contributed by atoms with Gasteiger partial charge in [0, 0.05) is 43.1 Å². The number of halogens is 1. The van der Waals surface area contributed by atoms with Crippen LogP contribution in [0.4, 0.5) is 4.39 Å². The second kappa shape index (κ2) is 5.38. The van der Waals surface area contributed by atoms with Gasteiger partial charge in [0.1, 0.15) is 5.82 Å². The van der Waals surface area contributed by atoms with Crippen molar-refractivity contribution in [2.45, 2.75) is 25.6 Å². The lowest BCUT2D eigenvalue weighted by atomic mass is 10.1. The molecule has 1 N–H and O–H groups in total. The lowest BCUT2D eigenvalue weighted by Crippen LogP contribution is -2.39. The highest BCUT2D eigenvalue weighted by molar-refractivity contribution is 5.20. The molecule has 3 nitrogen and oxygen atoms in total. The fraction of sp³-hybridized carbons (Fsp3) is 0.375. The summed E-state index contributed by atoms with van der Waals surface area (Å²) in [5, 5.41) is 10.3. The van der Waals surface area contributed by atoms with Crippen LogP contribution in [0.15, 0.2) is 42.6 Å². The van der Waals surface area contributed by atoms with Gasteiger partial charge in [0.05, 0.1) is 6.10 Å². The molecule has 106 valence electrons. The first kappa shape index (κ1) is 13.3. The van der Waals surface area contributed by atoms with Crippen LogP contribution in [0.2, 0.25) is 0 Å². The van der Waals surface area contributed by atoms with E-state index in [9.17, 15) is 9.50 Å². The molecule has 2 heterocycles. The highest BCUT2D eigenvalue weighted by Crippen LogP contribution is 2.28. The van der Waals surface area contributed by atoms with Crippen LogP contribution in [-0.4, -0.2) is 27.7 Å². The Morgan fingerprint density at radius 1 is 1.25 bits per heavy atom. The Bertz CT molecular complexity index is 596. The number of hydrogen-bond acceptors (Lipinski definition) is 2. The molecule has 0 spiro atoms. The molecule has 0 radical (unpaired) electrons. The van der Waals surface area contributed by atoms with Crippen LogP contribution in [0.5, 0.6) is 0 Å². The average molecular weight is 274 g/mol. The maximum absolute atomic E-state index is 13.7. The van der Waals surface area contributed by atoms with E-state index in [2.05, 4.69) is 28.7 Å². The van der Waals surface area contributed by atoms with Crippen molar-refractivity contribution < 1.29 is 9.50 Å². The Morgan fingerprint density at radius 3 is 2.85 bits per heavy atom. The van der Waals surface area contributed by atoms with Gasteiger partial charge >= 0.3 is 0 Å². The van der Waals surface area contributed by atoms with E-state index in [1.54, 1.807) is 18.2 Å². The fourth-order valence-electron chi connectivity index (χ4n) is 2.94. The molecule has 1 aliphatic heterocycles. The lowest BCUT2D eigenvalue weighted by Gasteiger charge is -2.36. The highest BCUT2D eigenvalue weighted by atomic mass is 19.1. The van der Waals surface area contributed by atoms with E-state index in [1.807, 2.05) is 6.07 Å². The number of rotatable bonds is 3. The van der Waals surface area contributed by atoms with Gasteiger partial charge in [0.2, 0.25) is 0 Å². The van der Waals surface area contributed by atoms with Crippen molar-refractivity contribution in [1.82, 2.24) is 9.47 Å². The third-order valence-electron chi connectivity index (χ3n) is 4.14. The molecule has 1 aromatic heterocycles. The summed E-state index contributed by atoms with van der Waals surface area (Å²) >= 11 is 0. The zero-order valence-electron chi connectivity index (χ0n) is 11.5. The molecule has 0 bridgehead atoms. The van der Waals surface area contributed by atoms with Crippen LogP contribution >= 0.6 is 0 Å². The molecular formula is C16H19FN2O. The zero-order valence-corrected chi connectivity index (χ0v) is 11.5. The number of nitrogens with zero attached hydrogens (tertiary/aromatic N) is 2. The number of β-amino-alcohol motifs (C(OH)–C–C–N with tert-alkyl or cyclic N) is 1. The van der Waals surface area contributed by atoms with Crippen LogP contribution in [0, 0.1) is 5.82 Å². The number of hydrogen-bond donors (Lipinski definition) is 1. The van der Waals surface area contributed by atoms with Crippen molar-refractivity contribution >= 4 is 0 Å². The number of benzene rings is 1. The Kier molecular flexibility index (Phi) is 3.59. The molecule has 0 saturated heterocycles. The van der Waals surface area contributed by atoms with E-state index in [4.69, 9.17) is 0 Å². The van der Waals surface area contributed by atoms with Gasteiger partial charge in [-0.1, -0.05) is 18.2 Å². The highest BCUT2D eigenvalue weighted by Gasteiger charge is 2.26. The molecular weight excluding hydrogens is 255 g/mol. The monoisotopic (exact) mass is 274 g/mol. The minimum atomic E-state index is -0.792. The van der Waals surface area contributed by atoms with E-state index in [-0.39, 0.29) is 11.9 Å². The van der Waals surface area contributed by atoms with Gasteiger partial charge in [-0.3, -0.25) is 4.90 Å². The molecule has 4 heteroatoms. The minimum Gasteiger partial charge on any atom is -0.387 e. The largest absolute Gasteiger partial charge is 0.387 e. The average Bonchev–Trinajstić information content (AvgIpc) is 2.91. The molecule has 0 unspecified atom stereocenters. The molecule has 1 aliphatic rings. The lowest BCUT2D eigenvalue weighted by molar-refractivity contribution is 0.0740. The summed E-state index contributed by atoms with van der Waals surface area (Å²) < 4.78 is 15.9. The number of aliphatic hydroxyl groups excluding tert-OH is 1. The molecule has 1 aromatic carbocycles. The topological polar surface area (TPSA) is 28.4 Å². The van der Waals surface area contributed by atoms with Gasteiger partial charge in [0.15, 0.2) is 0 Å². The van der Waals surface area contributed by atoms with Crippen LogP contribution in [0.25, 0.3) is 0 Å². The molecule has 0 saturated carbocycles. The zero-order chi connectivity index (χ0) is 14.1. The van der Waals surface area contributed by atoms with E-state index < -0.39 is 6.10 Å². The summed E-state index contributed by atoms with van der Waals surface area (Å²) in [5.41, 5.74) is 1.62. The van der Waals surface area contributed by atoms with E-state index in [1.165, 1.54) is 11.8 Å². The number of fused-ring (bicyclic) bond motifs is 1. The van der Waals surface area contributed by atoms with Crippen molar-refractivity contribution in [3.05, 3.63) is 59.7 Å². The summed E-state index contributed by atoms with van der Waals surface area (Å²) in [6.07, 6.45) is 1.29. The summed E-state index contributed by atoms with van der Waals surface area (Å²) in [4.78, 5) is 2.20. The second-order valence-electron chi connectivity index (χ2n) is 5.33. The normalized spacial score (nSPS) is 20.6. The Labute approximate surface area is 118 Å². The standard InChI is InChI=1S/C16H19FN2O/c1-12-15-7-4-8-18(15)9-10-19(12)11-16(20)13-5-2-3-6-14(13)17/h2-8,12,16,20H,9-11H2,1H3/t12-,16+/m1/s1. The first-order valence-electron chi connectivity index (χ1n) is 6.98. The van der Waals surface area contributed by atoms with Gasteiger partial charge < -0.3 is 9.67 Å². The van der Waals surface area contributed by atoms with Crippen LogP contribution in [-0.2, 0) is 6.54 Å². The molecule has 3 rings (SSSR count). The summed E-state index contributed by atoms with van der Waals surface area (Å²) in [7, 11) is 0. The van der Waals surface area contributed by atoms with E-state index in [0.717, 1.165) is 13.1 Å². The first-order chi connectivity index (χ1) is 9.66. The Hall–Kier alpha value is -1.65. The van der Waals surface area contributed by atoms with Crippen LogP contribution in [0.1, 0.15) is 30.3 Å². The molecule has 2 atom stereocenters. The molecule has 20 heavy (non-hydrogen) atoms. The predicted octanol–water partition coefficient (Wildman–Crippen LogP) is 2.74. The molecule has 2 aromatic rings.